The molecule has 0 aromatic carbocycles. The minimum atomic E-state index is 0.266. The number of hydrogen-bond donors (Lipinski definition) is 1. The molecule has 0 fully saturated rings. The van der Waals surface area contributed by atoms with E-state index in [2.05, 4.69) is 16.5 Å². The fraction of sp³-hybridized carbons (Fsp3) is 0.800. The summed E-state index contributed by atoms with van der Waals surface area (Å²) in [5, 5.41) is 0. The van der Waals surface area contributed by atoms with Crippen LogP contribution in [0, 0.1) is 0 Å². The first-order valence-corrected chi connectivity index (χ1v) is 7.45. The number of unbranched alkanes of at least 4 members (excludes halogenated alkanes) is 6. The molecule has 2 N–H and O–H groups in total. The molecular weight excluding hydrogens is 222 g/mol. The van der Waals surface area contributed by atoms with Gasteiger partial charge in [-0.2, -0.15) is 0 Å². The molecule has 1 rings (SSSR count). The Bertz CT molecular complexity index is 306. The molecule has 0 bridgehead atoms. The van der Waals surface area contributed by atoms with Crippen LogP contribution in [0.15, 0.2) is 12.4 Å². The Morgan fingerprint density at radius 2 is 1.83 bits per heavy atom. The molecule has 0 aliphatic heterocycles. The maximum atomic E-state index is 6.14. The van der Waals surface area contributed by atoms with E-state index in [1.165, 1.54) is 44.9 Å². The van der Waals surface area contributed by atoms with E-state index in [1.54, 1.807) is 0 Å². The lowest BCUT2D eigenvalue weighted by Gasteiger charge is -2.11. The van der Waals surface area contributed by atoms with Gasteiger partial charge in [0, 0.05) is 31.9 Å². The van der Waals surface area contributed by atoms with Crippen LogP contribution in [-0.2, 0) is 13.5 Å². The van der Waals surface area contributed by atoms with Crippen LogP contribution in [0.1, 0.15) is 64.1 Å². The van der Waals surface area contributed by atoms with Gasteiger partial charge in [-0.3, -0.25) is 0 Å². The van der Waals surface area contributed by atoms with E-state index in [9.17, 15) is 0 Å². The monoisotopic (exact) mass is 251 g/mol. The van der Waals surface area contributed by atoms with Gasteiger partial charge in [-0.25, -0.2) is 4.98 Å². The first-order chi connectivity index (χ1) is 8.74. The summed E-state index contributed by atoms with van der Waals surface area (Å²) in [5.74, 6) is 1.10. The van der Waals surface area contributed by atoms with Gasteiger partial charge in [0.15, 0.2) is 0 Å². The number of aromatic nitrogens is 2. The van der Waals surface area contributed by atoms with E-state index in [4.69, 9.17) is 5.73 Å². The molecule has 104 valence electrons. The van der Waals surface area contributed by atoms with Crippen molar-refractivity contribution >= 4 is 0 Å². The van der Waals surface area contributed by atoms with Crippen molar-refractivity contribution in [3.8, 4) is 0 Å². The Kier molecular flexibility index (Phi) is 7.74. The molecule has 0 amide bonds. The van der Waals surface area contributed by atoms with Gasteiger partial charge < -0.3 is 10.3 Å². The number of hydrogen-bond acceptors (Lipinski definition) is 2. The minimum Gasteiger partial charge on any atom is -0.338 e. The van der Waals surface area contributed by atoms with Crippen molar-refractivity contribution in [2.75, 3.05) is 0 Å². The average molecular weight is 251 g/mol. The Morgan fingerprint density at radius 3 is 2.44 bits per heavy atom. The first-order valence-electron chi connectivity index (χ1n) is 7.45. The van der Waals surface area contributed by atoms with Gasteiger partial charge in [-0.15, -0.1) is 0 Å². The second-order valence-electron chi connectivity index (χ2n) is 5.33. The SMILES string of the molecule is CCCCCCCCCC(N)Cc1nccn1C. The highest BCUT2D eigenvalue weighted by Gasteiger charge is 2.07. The molecular formula is C15H29N3. The second-order valence-corrected chi connectivity index (χ2v) is 5.33. The molecule has 1 aromatic heterocycles. The van der Waals surface area contributed by atoms with E-state index >= 15 is 0 Å². The lowest BCUT2D eigenvalue weighted by Crippen LogP contribution is -2.24. The van der Waals surface area contributed by atoms with Gasteiger partial charge in [0.25, 0.3) is 0 Å². The van der Waals surface area contributed by atoms with Gasteiger partial charge in [0.05, 0.1) is 0 Å². The van der Waals surface area contributed by atoms with Crippen LogP contribution in [0.5, 0.6) is 0 Å². The van der Waals surface area contributed by atoms with Crippen LogP contribution in [0.4, 0.5) is 0 Å². The predicted octanol–water partition coefficient (Wildman–Crippen LogP) is 3.43. The van der Waals surface area contributed by atoms with Gasteiger partial charge in [0.1, 0.15) is 5.82 Å². The van der Waals surface area contributed by atoms with E-state index in [0.717, 1.165) is 18.7 Å². The minimum absolute atomic E-state index is 0.266. The smallest absolute Gasteiger partial charge is 0.109 e. The van der Waals surface area contributed by atoms with Crippen LogP contribution >= 0.6 is 0 Å². The molecule has 0 radical (unpaired) electrons. The lowest BCUT2D eigenvalue weighted by molar-refractivity contribution is 0.518. The number of imidazole rings is 1. The number of rotatable bonds is 10. The zero-order chi connectivity index (χ0) is 13.2. The molecule has 1 atom stereocenters. The van der Waals surface area contributed by atoms with Gasteiger partial charge in [-0.05, 0) is 6.42 Å². The first kappa shape index (κ1) is 15.2. The summed E-state index contributed by atoms with van der Waals surface area (Å²) in [4.78, 5) is 4.32. The van der Waals surface area contributed by atoms with Crippen molar-refractivity contribution in [2.24, 2.45) is 12.8 Å². The van der Waals surface area contributed by atoms with Crippen LogP contribution in [-0.4, -0.2) is 15.6 Å². The summed E-state index contributed by atoms with van der Waals surface area (Å²) >= 11 is 0. The zero-order valence-electron chi connectivity index (χ0n) is 12.1. The molecule has 0 saturated carbocycles. The average Bonchev–Trinajstić information content (AvgIpc) is 2.74. The molecule has 0 aliphatic carbocycles. The standard InChI is InChI=1S/C15H29N3/c1-3-4-5-6-7-8-9-10-14(16)13-15-17-11-12-18(15)2/h11-12,14H,3-10,13,16H2,1-2H3. The van der Waals surface area contributed by atoms with Crippen molar-refractivity contribution in [3.63, 3.8) is 0 Å². The number of nitrogens with zero attached hydrogens (tertiary/aromatic N) is 2. The maximum Gasteiger partial charge on any atom is 0.109 e. The highest BCUT2D eigenvalue weighted by atomic mass is 15.0. The van der Waals surface area contributed by atoms with Crippen molar-refractivity contribution in [1.82, 2.24) is 9.55 Å². The van der Waals surface area contributed by atoms with Gasteiger partial charge >= 0.3 is 0 Å². The molecule has 1 unspecified atom stereocenters. The zero-order valence-corrected chi connectivity index (χ0v) is 12.1. The van der Waals surface area contributed by atoms with E-state index < -0.39 is 0 Å². The van der Waals surface area contributed by atoms with Crippen molar-refractivity contribution in [3.05, 3.63) is 18.2 Å². The van der Waals surface area contributed by atoms with Crippen molar-refractivity contribution in [2.45, 2.75) is 70.8 Å². The summed E-state index contributed by atoms with van der Waals surface area (Å²) < 4.78 is 2.06. The molecule has 18 heavy (non-hydrogen) atoms. The lowest BCUT2D eigenvalue weighted by atomic mass is 10.0. The van der Waals surface area contributed by atoms with Crippen LogP contribution < -0.4 is 5.73 Å². The molecule has 0 spiro atoms. The summed E-state index contributed by atoms with van der Waals surface area (Å²) in [5.41, 5.74) is 6.14. The number of aryl methyl sites for hydroxylation is 1. The highest BCUT2D eigenvalue weighted by molar-refractivity contribution is 4.93. The molecule has 3 nitrogen and oxygen atoms in total. The molecule has 0 saturated heterocycles. The molecule has 0 aliphatic rings. The fourth-order valence-electron chi connectivity index (χ4n) is 2.29. The quantitative estimate of drug-likeness (QED) is 0.647. The Balaban J connectivity index is 2.00. The van der Waals surface area contributed by atoms with E-state index in [1.807, 2.05) is 19.4 Å². The van der Waals surface area contributed by atoms with Gasteiger partial charge in [-0.1, -0.05) is 51.9 Å². The van der Waals surface area contributed by atoms with Gasteiger partial charge in [0.2, 0.25) is 0 Å². The van der Waals surface area contributed by atoms with Crippen molar-refractivity contribution in [1.29, 1.82) is 0 Å². The van der Waals surface area contributed by atoms with E-state index in [-0.39, 0.29) is 6.04 Å². The second kappa shape index (κ2) is 9.15. The third-order valence-corrected chi connectivity index (χ3v) is 3.54. The number of nitrogens with two attached hydrogens (primary N) is 1. The Labute approximate surface area is 112 Å². The summed E-state index contributed by atoms with van der Waals surface area (Å²) in [7, 11) is 2.03. The normalized spacial score (nSPS) is 12.8. The van der Waals surface area contributed by atoms with Crippen LogP contribution in [0.2, 0.25) is 0 Å². The molecule has 3 heteroatoms. The summed E-state index contributed by atoms with van der Waals surface area (Å²) in [6.45, 7) is 2.26. The summed E-state index contributed by atoms with van der Waals surface area (Å²) in [6, 6.07) is 0.266. The third-order valence-electron chi connectivity index (χ3n) is 3.54. The van der Waals surface area contributed by atoms with E-state index in [0.29, 0.717) is 0 Å². The highest BCUT2D eigenvalue weighted by Crippen LogP contribution is 2.10. The summed E-state index contributed by atoms with van der Waals surface area (Å²) in [6.07, 6.45) is 15.3. The fourth-order valence-corrected chi connectivity index (χ4v) is 2.29. The van der Waals surface area contributed by atoms with Crippen molar-refractivity contribution < 1.29 is 0 Å². The van der Waals surface area contributed by atoms with Crippen LogP contribution in [0.3, 0.4) is 0 Å². The third kappa shape index (κ3) is 6.20. The maximum absolute atomic E-state index is 6.14. The molecule has 1 heterocycles. The largest absolute Gasteiger partial charge is 0.338 e. The topological polar surface area (TPSA) is 43.8 Å². The molecule has 1 aromatic rings. The Morgan fingerprint density at radius 1 is 1.17 bits per heavy atom. The Hall–Kier alpha value is -0.830. The van der Waals surface area contributed by atoms with Crippen LogP contribution in [0.25, 0.3) is 0 Å². The predicted molar refractivity (Wildman–Crippen MR) is 77.5 cm³/mol.